The molecule has 1 fully saturated rings. The molecule has 0 bridgehead atoms. The molecule has 1 amide bonds. The number of amides is 1. The van der Waals surface area contributed by atoms with Crippen molar-refractivity contribution in [3.05, 3.63) is 86.8 Å². The second-order valence-electron chi connectivity index (χ2n) is 11.2. The molecule has 0 radical (unpaired) electrons. The summed E-state index contributed by atoms with van der Waals surface area (Å²) in [5.74, 6) is -1.36. The molecule has 0 spiro atoms. The molecule has 0 saturated heterocycles. The summed E-state index contributed by atoms with van der Waals surface area (Å²) in [7, 11) is -0.0566. The third kappa shape index (κ3) is 9.01. The third-order valence-electron chi connectivity index (χ3n) is 7.48. The number of hydrogen-bond donors (Lipinski definition) is 0. The van der Waals surface area contributed by atoms with Crippen LogP contribution >= 0.6 is 23.2 Å². The monoisotopic (exact) mass is 715 g/mol. The smallest absolute Gasteiger partial charge is 0.387 e. The number of carbonyl (C=O) groups excluding carboxylic acids is 2. The molecule has 4 rings (SSSR count). The van der Waals surface area contributed by atoms with Crippen LogP contribution in [0.2, 0.25) is 10.0 Å². The van der Waals surface area contributed by atoms with Crippen molar-refractivity contribution < 1.29 is 45.7 Å². The number of sulfonamides is 1. The quantitative estimate of drug-likeness (QED) is 0.126. The second kappa shape index (κ2) is 15.0. The number of carbonyl (C=O) groups is 2. The Labute approximate surface area is 281 Å². The lowest BCUT2D eigenvalue weighted by atomic mass is 10.0. The van der Waals surface area contributed by atoms with Crippen LogP contribution in [0.15, 0.2) is 59.8 Å². The first-order chi connectivity index (χ1) is 22.1. The van der Waals surface area contributed by atoms with Crippen LogP contribution in [0.1, 0.15) is 47.4 Å². The maximum absolute atomic E-state index is 13.6. The zero-order valence-corrected chi connectivity index (χ0v) is 28.2. The van der Waals surface area contributed by atoms with Gasteiger partial charge in [-0.25, -0.2) is 8.42 Å². The predicted octanol–water partition coefficient (Wildman–Crippen LogP) is 5.26. The molecular formula is C31H33Cl2F2N3O8S. The highest BCUT2D eigenvalue weighted by atomic mass is 35.5. The molecule has 0 unspecified atom stereocenters. The van der Waals surface area contributed by atoms with Crippen LogP contribution in [-0.2, 0) is 26.0 Å². The van der Waals surface area contributed by atoms with E-state index in [4.69, 9.17) is 32.7 Å². The Kier molecular flexibility index (Phi) is 11.5. The van der Waals surface area contributed by atoms with Crippen molar-refractivity contribution in [1.29, 1.82) is 0 Å². The Bertz CT molecular complexity index is 1720. The van der Waals surface area contributed by atoms with E-state index in [9.17, 15) is 32.0 Å². The lowest BCUT2D eigenvalue weighted by Gasteiger charge is -2.27. The Hall–Kier alpha value is -3.72. The van der Waals surface area contributed by atoms with E-state index in [0.717, 1.165) is 29.5 Å². The van der Waals surface area contributed by atoms with Gasteiger partial charge in [-0.2, -0.15) is 17.8 Å². The van der Waals surface area contributed by atoms with Crippen LogP contribution in [0.25, 0.3) is 0 Å². The fourth-order valence-electron chi connectivity index (χ4n) is 4.47. The van der Waals surface area contributed by atoms with Gasteiger partial charge in [0.2, 0.25) is 10.0 Å². The molecule has 0 N–H and O–H groups in total. The average molecular weight is 717 g/mol. The minimum absolute atomic E-state index is 0.0155. The van der Waals surface area contributed by atoms with Crippen molar-refractivity contribution in [2.24, 2.45) is 5.92 Å². The van der Waals surface area contributed by atoms with E-state index in [-0.39, 0.29) is 62.1 Å². The molecule has 16 heteroatoms. The van der Waals surface area contributed by atoms with Gasteiger partial charge in [-0.15, -0.1) is 0 Å². The van der Waals surface area contributed by atoms with Crippen LogP contribution in [0, 0.1) is 11.1 Å². The Morgan fingerprint density at radius 3 is 2.30 bits per heavy atom. The van der Waals surface area contributed by atoms with Gasteiger partial charge >= 0.3 is 12.6 Å². The highest BCUT2D eigenvalue weighted by Crippen LogP contribution is 2.38. The van der Waals surface area contributed by atoms with Crippen molar-refractivity contribution in [3.8, 4) is 11.5 Å². The van der Waals surface area contributed by atoms with Gasteiger partial charge in [0.25, 0.3) is 5.91 Å². The zero-order chi connectivity index (χ0) is 34.6. The second-order valence-corrected chi connectivity index (χ2v) is 14.0. The number of alkyl halides is 2. The molecule has 254 valence electrons. The highest BCUT2D eigenvalue weighted by Gasteiger charge is 2.34. The lowest BCUT2D eigenvalue weighted by molar-refractivity contribution is -0.605. The minimum atomic E-state index is -4.30. The number of hydrogen-bond acceptors (Lipinski definition) is 8. The van der Waals surface area contributed by atoms with Gasteiger partial charge in [0.05, 0.1) is 11.5 Å². The fourth-order valence-corrected chi connectivity index (χ4v) is 6.43. The molecule has 3 aromatic rings. The number of rotatable bonds is 14. The number of aromatic nitrogens is 1. The van der Waals surface area contributed by atoms with E-state index in [0.29, 0.717) is 4.73 Å². The van der Waals surface area contributed by atoms with Crippen molar-refractivity contribution in [2.45, 2.75) is 49.8 Å². The SMILES string of the molecule is C[C@H](C(=O)O[C@H](Cc1c(Cl)c[n+]([O-])cc1Cl)c1ccc(OC(F)F)c(OCC2CC2)c1)N(C)S(=O)(=O)c1cccc(C(=O)N(C)C)c1. The Morgan fingerprint density at radius 1 is 1.04 bits per heavy atom. The molecule has 47 heavy (non-hydrogen) atoms. The largest absolute Gasteiger partial charge is 0.619 e. The summed E-state index contributed by atoms with van der Waals surface area (Å²) >= 11 is 12.6. The summed E-state index contributed by atoms with van der Waals surface area (Å²) in [5.41, 5.74) is 0.640. The molecule has 2 atom stereocenters. The van der Waals surface area contributed by atoms with E-state index in [2.05, 4.69) is 4.74 Å². The normalized spacial score (nSPS) is 14.5. The molecule has 11 nitrogen and oxygen atoms in total. The van der Waals surface area contributed by atoms with E-state index in [1.54, 1.807) is 0 Å². The van der Waals surface area contributed by atoms with Gasteiger partial charge < -0.3 is 24.3 Å². The van der Waals surface area contributed by atoms with Gasteiger partial charge in [0.1, 0.15) is 22.2 Å². The summed E-state index contributed by atoms with van der Waals surface area (Å²) in [5, 5.41) is 11.8. The Morgan fingerprint density at radius 2 is 1.70 bits per heavy atom. The first kappa shape index (κ1) is 36.1. The molecule has 1 saturated carbocycles. The van der Waals surface area contributed by atoms with Crippen LogP contribution in [-0.4, -0.2) is 69.9 Å². The molecular weight excluding hydrogens is 683 g/mol. The fraction of sp³-hybridized carbons (Fsp3) is 0.387. The number of pyridine rings is 1. The number of benzene rings is 2. The van der Waals surface area contributed by atoms with Gasteiger partial charge in [-0.3, -0.25) is 9.59 Å². The number of nitrogens with zero attached hydrogens (tertiary/aromatic N) is 3. The highest BCUT2D eigenvalue weighted by molar-refractivity contribution is 7.89. The van der Waals surface area contributed by atoms with Crippen molar-refractivity contribution in [3.63, 3.8) is 0 Å². The topological polar surface area (TPSA) is 129 Å². The molecule has 1 aromatic heterocycles. The summed E-state index contributed by atoms with van der Waals surface area (Å²) in [6.45, 7) is -1.55. The summed E-state index contributed by atoms with van der Waals surface area (Å²) in [6.07, 6.45) is 2.59. The molecule has 0 aliphatic heterocycles. The Balaban J connectivity index is 1.66. The van der Waals surface area contributed by atoms with E-state index >= 15 is 0 Å². The molecule has 2 aromatic carbocycles. The van der Waals surface area contributed by atoms with Gasteiger partial charge in [0.15, 0.2) is 23.9 Å². The average Bonchev–Trinajstić information content (AvgIpc) is 3.85. The third-order valence-corrected chi connectivity index (χ3v) is 10.1. The summed E-state index contributed by atoms with van der Waals surface area (Å²) in [4.78, 5) is 27.1. The van der Waals surface area contributed by atoms with Crippen molar-refractivity contribution in [1.82, 2.24) is 9.21 Å². The molecule has 1 aliphatic carbocycles. The number of likely N-dealkylation sites (N-methyl/N-ethyl adjacent to an activating group) is 1. The molecule has 1 aliphatic rings. The van der Waals surface area contributed by atoms with Crippen LogP contribution in [0.3, 0.4) is 0 Å². The van der Waals surface area contributed by atoms with Gasteiger partial charge in [-0.1, -0.05) is 35.3 Å². The summed E-state index contributed by atoms with van der Waals surface area (Å²) in [6, 6.07) is 8.03. The lowest BCUT2D eigenvalue weighted by Crippen LogP contribution is -2.41. The summed E-state index contributed by atoms with van der Waals surface area (Å²) < 4.78 is 70.8. The number of esters is 1. The van der Waals surface area contributed by atoms with Crippen LogP contribution in [0.4, 0.5) is 8.78 Å². The molecule has 1 heterocycles. The van der Waals surface area contributed by atoms with E-state index in [1.807, 2.05) is 0 Å². The minimum Gasteiger partial charge on any atom is -0.619 e. The van der Waals surface area contributed by atoms with E-state index < -0.39 is 40.7 Å². The number of halogens is 4. The van der Waals surface area contributed by atoms with Crippen LogP contribution < -0.4 is 14.2 Å². The zero-order valence-electron chi connectivity index (χ0n) is 25.9. The predicted molar refractivity (Wildman–Crippen MR) is 168 cm³/mol. The first-order valence-corrected chi connectivity index (χ1v) is 16.6. The number of ether oxygens (including phenoxy) is 3. The first-order valence-electron chi connectivity index (χ1n) is 14.4. The van der Waals surface area contributed by atoms with E-state index in [1.165, 1.54) is 75.4 Å². The van der Waals surface area contributed by atoms with Crippen molar-refractivity contribution >= 4 is 45.1 Å². The van der Waals surface area contributed by atoms with Crippen molar-refractivity contribution in [2.75, 3.05) is 27.7 Å². The van der Waals surface area contributed by atoms with Crippen LogP contribution in [0.5, 0.6) is 11.5 Å². The van der Waals surface area contributed by atoms with Gasteiger partial charge in [-0.05, 0) is 61.6 Å². The standard InChI is InChI=1S/C31H33Cl2F2N3O8S/c1-18(37(4)47(42,43)22-7-5-6-21(12-22)29(39)36(2)3)30(40)45-27(14-23-24(32)15-38(41)16-25(23)33)20-10-11-26(46-31(34)35)28(13-20)44-17-19-8-9-19/h5-7,10-13,15-16,18-19,27,31H,8-9,14,17H2,1-4H3/t18-,27-/m1/s1. The maximum atomic E-state index is 13.6. The van der Waals surface area contributed by atoms with Gasteiger partial charge in [0, 0.05) is 38.7 Å². The maximum Gasteiger partial charge on any atom is 0.387 e.